The van der Waals surface area contributed by atoms with Crippen molar-refractivity contribution in [2.75, 3.05) is 0 Å². The van der Waals surface area contributed by atoms with Gasteiger partial charge in [-0.05, 0) is 54.2 Å². The van der Waals surface area contributed by atoms with Gasteiger partial charge in [-0.25, -0.2) is 5.01 Å². The number of amides is 1. The summed E-state index contributed by atoms with van der Waals surface area (Å²) < 4.78 is 5.32. The van der Waals surface area contributed by atoms with E-state index in [2.05, 4.69) is 0 Å². The van der Waals surface area contributed by atoms with Gasteiger partial charge in [0.15, 0.2) is 5.76 Å². The van der Waals surface area contributed by atoms with E-state index in [0.717, 1.165) is 18.4 Å². The number of carbonyl (C=O) groups excluding carboxylic acids is 1. The first-order valence-corrected chi connectivity index (χ1v) is 11.1. The van der Waals surface area contributed by atoms with Gasteiger partial charge in [-0.3, -0.25) is 25.0 Å². The zero-order valence-corrected chi connectivity index (χ0v) is 18.4. The molecular weight excluding hydrogens is 452 g/mol. The maximum Gasteiger partial charge on any atom is 0.310 e. The fourth-order valence-electron chi connectivity index (χ4n) is 4.77. The molecule has 10 nitrogen and oxygen atoms in total. The molecule has 3 aromatic rings. The smallest absolute Gasteiger partial charge is 0.310 e. The molecule has 2 aliphatic rings. The van der Waals surface area contributed by atoms with Crippen LogP contribution < -0.4 is 0 Å². The molecule has 1 amide bonds. The van der Waals surface area contributed by atoms with Gasteiger partial charge in [0.2, 0.25) is 0 Å². The van der Waals surface area contributed by atoms with Crippen molar-refractivity contribution in [2.24, 2.45) is 11.0 Å². The Kier molecular flexibility index (Phi) is 5.69. The van der Waals surface area contributed by atoms with Gasteiger partial charge in [-0.1, -0.05) is 24.3 Å². The number of nitro benzene ring substituents is 2. The van der Waals surface area contributed by atoms with Gasteiger partial charge < -0.3 is 4.42 Å². The number of hydrazone groups is 1. The molecular formula is C25H20N4O6. The van der Waals surface area contributed by atoms with E-state index in [4.69, 9.17) is 9.52 Å². The Morgan fingerprint density at radius 2 is 1.77 bits per heavy atom. The second kappa shape index (κ2) is 8.98. The van der Waals surface area contributed by atoms with Crippen LogP contribution >= 0.6 is 0 Å². The third kappa shape index (κ3) is 4.21. The largest absolute Gasteiger partial charge is 0.459 e. The molecule has 2 aromatic carbocycles. The van der Waals surface area contributed by atoms with E-state index in [1.54, 1.807) is 36.4 Å². The fourth-order valence-corrected chi connectivity index (χ4v) is 4.77. The second-order valence-electron chi connectivity index (χ2n) is 8.43. The van der Waals surface area contributed by atoms with Gasteiger partial charge in [0.1, 0.15) is 0 Å². The summed E-state index contributed by atoms with van der Waals surface area (Å²) in [6.45, 7) is 0. The molecule has 0 unspecified atom stereocenters. The topological polar surface area (TPSA) is 132 Å². The Bertz CT molecular complexity index is 1380. The van der Waals surface area contributed by atoms with Crippen molar-refractivity contribution in [3.63, 3.8) is 0 Å². The van der Waals surface area contributed by atoms with E-state index in [-0.39, 0.29) is 23.1 Å². The highest BCUT2D eigenvalue weighted by molar-refractivity contribution is 6.09. The van der Waals surface area contributed by atoms with Crippen LogP contribution in [-0.2, 0) is 0 Å². The monoisotopic (exact) mass is 472 g/mol. The summed E-state index contributed by atoms with van der Waals surface area (Å²) in [5.41, 5.74) is 2.79. The van der Waals surface area contributed by atoms with E-state index < -0.39 is 21.8 Å². The molecule has 5 rings (SSSR count). The summed E-state index contributed by atoms with van der Waals surface area (Å²) in [6.07, 6.45) is 5.52. The minimum Gasteiger partial charge on any atom is -0.459 e. The molecule has 0 bridgehead atoms. The molecule has 1 aliphatic heterocycles. The molecule has 0 radical (unpaired) electrons. The Hall–Kier alpha value is -4.60. The molecule has 0 spiro atoms. The highest BCUT2D eigenvalue weighted by Gasteiger charge is 2.44. The molecule has 1 aromatic heterocycles. The van der Waals surface area contributed by atoms with E-state index in [1.165, 1.54) is 35.5 Å². The molecule has 1 saturated carbocycles. The van der Waals surface area contributed by atoms with Crippen LogP contribution in [0.25, 0.3) is 6.08 Å². The van der Waals surface area contributed by atoms with Crippen LogP contribution in [0.2, 0.25) is 0 Å². The summed E-state index contributed by atoms with van der Waals surface area (Å²) in [4.78, 5) is 35.0. The van der Waals surface area contributed by atoms with Gasteiger partial charge >= 0.3 is 5.91 Å². The van der Waals surface area contributed by atoms with Gasteiger partial charge in [-0.2, -0.15) is 5.10 Å². The Morgan fingerprint density at radius 1 is 1.03 bits per heavy atom. The summed E-state index contributed by atoms with van der Waals surface area (Å²) in [7, 11) is 0. The number of furan rings is 1. The van der Waals surface area contributed by atoms with Crippen LogP contribution in [0.15, 0.2) is 82.0 Å². The van der Waals surface area contributed by atoms with Crippen LogP contribution in [0.3, 0.4) is 0 Å². The summed E-state index contributed by atoms with van der Waals surface area (Å²) in [5.74, 6) is -0.509. The van der Waals surface area contributed by atoms with Crippen molar-refractivity contribution in [3.8, 4) is 0 Å². The number of rotatable bonds is 5. The van der Waals surface area contributed by atoms with E-state index in [1.807, 2.05) is 6.08 Å². The van der Waals surface area contributed by atoms with Crippen LogP contribution in [0.4, 0.5) is 11.4 Å². The van der Waals surface area contributed by atoms with E-state index in [0.29, 0.717) is 23.3 Å². The van der Waals surface area contributed by atoms with Gasteiger partial charge in [0.25, 0.3) is 11.4 Å². The number of carbonyl (C=O) groups is 1. The Morgan fingerprint density at radius 3 is 2.49 bits per heavy atom. The fraction of sp³-hybridized carbons (Fsp3) is 0.200. The number of nitro groups is 2. The highest BCUT2D eigenvalue weighted by atomic mass is 16.6. The van der Waals surface area contributed by atoms with Crippen LogP contribution in [-0.4, -0.2) is 26.5 Å². The standard InChI is InChI=1S/C25H20N4O6/c30-25(22-11-4-12-35-22)27-24(18-7-2-9-20(15-18)29(33)34)21-10-3-6-17(23(21)26-27)13-16-5-1-8-19(14-16)28(31)32/h1-2,4-5,7-9,11-15,21,24H,3,6,10H2/b17-13+/t21-,24-/m1/s1. The molecule has 2 heterocycles. The Balaban J connectivity index is 1.59. The van der Waals surface area contributed by atoms with E-state index >= 15 is 0 Å². The van der Waals surface area contributed by atoms with Crippen molar-refractivity contribution < 1.29 is 19.1 Å². The molecule has 0 N–H and O–H groups in total. The zero-order valence-electron chi connectivity index (χ0n) is 18.4. The predicted molar refractivity (Wildman–Crippen MR) is 127 cm³/mol. The normalized spacial score (nSPS) is 20.4. The molecule has 35 heavy (non-hydrogen) atoms. The molecule has 2 atom stereocenters. The zero-order chi connectivity index (χ0) is 24.5. The third-order valence-corrected chi connectivity index (χ3v) is 6.29. The number of hydrogen-bond acceptors (Lipinski definition) is 7. The SMILES string of the molecule is O=C(c1ccco1)N1N=C2/C(=C/c3cccc([N+](=O)[O-])c3)CCC[C@H]2[C@H]1c1cccc([N+](=O)[O-])c1. The average molecular weight is 472 g/mol. The number of allylic oxidation sites excluding steroid dienone is 1. The van der Waals surface area contributed by atoms with Crippen molar-refractivity contribution in [1.29, 1.82) is 0 Å². The lowest BCUT2D eigenvalue weighted by molar-refractivity contribution is -0.385. The molecule has 0 saturated heterocycles. The number of non-ortho nitro benzene ring substituents is 2. The maximum atomic E-state index is 13.3. The van der Waals surface area contributed by atoms with Crippen molar-refractivity contribution in [1.82, 2.24) is 5.01 Å². The first-order chi connectivity index (χ1) is 16.9. The number of nitrogens with zero attached hydrogens (tertiary/aromatic N) is 4. The number of fused-ring (bicyclic) bond motifs is 1. The predicted octanol–water partition coefficient (Wildman–Crippen LogP) is 5.53. The highest BCUT2D eigenvalue weighted by Crippen LogP contribution is 2.45. The molecule has 1 aliphatic carbocycles. The quantitative estimate of drug-likeness (QED) is 0.354. The van der Waals surface area contributed by atoms with Crippen LogP contribution in [0, 0.1) is 26.1 Å². The minimum atomic E-state index is -0.545. The lowest BCUT2D eigenvalue weighted by Gasteiger charge is -2.29. The van der Waals surface area contributed by atoms with Gasteiger partial charge in [0.05, 0.1) is 27.9 Å². The summed E-state index contributed by atoms with van der Waals surface area (Å²) in [5, 5.41) is 28.7. The van der Waals surface area contributed by atoms with Crippen molar-refractivity contribution in [2.45, 2.75) is 25.3 Å². The number of benzene rings is 2. The van der Waals surface area contributed by atoms with Gasteiger partial charge in [-0.15, -0.1) is 0 Å². The van der Waals surface area contributed by atoms with Crippen LogP contribution in [0.1, 0.15) is 47.0 Å². The van der Waals surface area contributed by atoms with E-state index in [9.17, 15) is 25.0 Å². The van der Waals surface area contributed by atoms with Crippen LogP contribution in [0.5, 0.6) is 0 Å². The Labute approximate surface area is 199 Å². The lowest BCUT2D eigenvalue weighted by Crippen LogP contribution is -2.31. The first-order valence-electron chi connectivity index (χ1n) is 11.1. The number of hydrogen-bond donors (Lipinski definition) is 0. The molecule has 1 fully saturated rings. The van der Waals surface area contributed by atoms with Gasteiger partial charge in [0, 0.05) is 30.2 Å². The second-order valence-corrected chi connectivity index (χ2v) is 8.43. The third-order valence-electron chi connectivity index (χ3n) is 6.29. The summed E-state index contributed by atoms with van der Waals surface area (Å²) in [6, 6.07) is 15.2. The maximum absolute atomic E-state index is 13.3. The lowest BCUT2D eigenvalue weighted by atomic mass is 9.77. The molecule has 10 heteroatoms. The average Bonchev–Trinajstić information content (AvgIpc) is 3.53. The summed E-state index contributed by atoms with van der Waals surface area (Å²) >= 11 is 0. The molecule has 176 valence electrons. The van der Waals surface area contributed by atoms with Crippen molar-refractivity contribution >= 4 is 29.1 Å². The van der Waals surface area contributed by atoms with Crippen molar-refractivity contribution in [3.05, 3.63) is 110 Å². The minimum absolute atomic E-state index is 0.0100. The first kappa shape index (κ1) is 22.2.